The Labute approximate surface area is 120 Å². The van der Waals surface area contributed by atoms with Crippen LogP contribution in [-0.2, 0) is 10.0 Å². The van der Waals surface area contributed by atoms with Gasteiger partial charge in [-0.15, -0.1) is 0 Å². The number of nitrogens with zero attached hydrogens (tertiary/aromatic N) is 2. The molecule has 1 heterocycles. The van der Waals surface area contributed by atoms with Gasteiger partial charge in [0.25, 0.3) is 0 Å². The summed E-state index contributed by atoms with van der Waals surface area (Å²) in [6.45, 7) is 4.89. The molecule has 0 amide bonds. The molecule has 0 saturated carbocycles. The average Bonchev–Trinajstić information content (AvgIpc) is 2.45. The second-order valence-corrected chi connectivity index (χ2v) is 6.33. The maximum atomic E-state index is 12.6. The minimum atomic E-state index is -3.64. The smallest absolute Gasteiger partial charge is 0.246 e. The van der Waals surface area contributed by atoms with Gasteiger partial charge in [0.2, 0.25) is 10.0 Å². The normalized spacial score (nSPS) is 11.8. The van der Waals surface area contributed by atoms with Gasteiger partial charge in [-0.3, -0.25) is 4.98 Å². The molecule has 0 fully saturated rings. The zero-order valence-corrected chi connectivity index (χ0v) is 12.9. The Balaban J connectivity index is 3.12. The summed E-state index contributed by atoms with van der Waals surface area (Å²) >= 11 is 0. The maximum absolute atomic E-state index is 12.6. The first kappa shape index (κ1) is 16.9. The predicted molar refractivity (Wildman–Crippen MR) is 79.2 cm³/mol. The molecule has 1 aromatic heterocycles. The molecule has 20 heavy (non-hydrogen) atoms. The lowest BCUT2D eigenvalue weighted by atomic mass is 10.4. The molecule has 0 radical (unpaired) electrons. The number of nitrogens with one attached hydrogen (secondary N) is 1. The topological polar surface area (TPSA) is 82.5 Å². The summed E-state index contributed by atoms with van der Waals surface area (Å²) in [4.78, 5) is 4.08. The van der Waals surface area contributed by atoms with Gasteiger partial charge in [0, 0.05) is 32.0 Å². The van der Waals surface area contributed by atoms with Crippen molar-refractivity contribution in [3.8, 4) is 0 Å². The zero-order valence-electron chi connectivity index (χ0n) is 12.0. The van der Waals surface area contributed by atoms with Gasteiger partial charge >= 0.3 is 0 Å². The van der Waals surface area contributed by atoms with Crippen LogP contribution in [0.25, 0.3) is 0 Å². The van der Waals surface area contributed by atoms with Gasteiger partial charge < -0.3 is 10.4 Å². The number of hydrogen-bond donors (Lipinski definition) is 2. The minimum absolute atomic E-state index is 0.0955. The quantitative estimate of drug-likeness (QED) is 0.718. The molecule has 0 aliphatic carbocycles. The van der Waals surface area contributed by atoms with Crippen molar-refractivity contribution in [2.75, 3.05) is 31.6 Å². The van der Waals surface area contributed by atoms with Crippen molar-refractivity contribution in [1.29, 1.82) is 0 Å². The molecule has 0 aliphatic heterocycles. The highest BCUT2D eigenvalue weighted by Crippen LogP contribution is 2.23. The van der Waals surface area contributed by atoms with Crippen LogP contribution in [-0.4, -0.2) is 49.1 Å². The van der Waals surface area contributed by atoms with E-state index in [1.165, 1.54) is 10.5 Å². The lowest BCUT2D eigenvalue weighted by Crippen LogP contribution is -2.34. The van der Waals surface area contributed by atoms with Gasteiger partial charge in [0.15, 0.2) is 0 Å². The van der Waals surface area contributed by atoms with Crippen LogP contribution in [0.2, 0.25) is 0 Å². The van der Waals surface area contributed by atoms with Gasteiger partial charge in [0.1, 0.15) is 4.90 Å². The standard InChI is InChI=1S/C13H23N3O3S/c1-3-6-15-12-5-7-14-11-13(12)20(18,19)16(8-4-2)9-10-17/h5,7,11,17H,3-4,6,8-10H2,1-2H3,(H,14,15). The van der Waals surface area contributed by atoms with Crippen molar-refractivity contribution in [3.63, 3.8) is 0 Å². The molecule has 6 nitrogen and oxygen atoms in total. The number of anilines is 1. The fourth-order valence-electron chi connectivity index (χ4n) is 1.84. The Bertz CT molecular complexity index is 499. The van der Waals surface area contributed by atoms with Crippen LogP contribution in [0.4, 0.5) is 5.69 Å². The largest absolute Gasteiger partial charge is 0.395 e. The number of rotatable bonds is 9. The fourth-order valence-corrected chi connectivity index (χ4v) is 3.48. The molecule has 0 spiro atoms. The molecule has 1 aromatic rings. The lowest BCUT2D eigenvalue weighted by Gasteiger charge is -2.22. The second kappa shape index (κ2) is 8.18. The summed E-state index contributed by atoms with van der Waals surface area (Å²) in [5, 5.41) is 12.1. The van der Waals surface area contributed by atoms with E-state index in [-0.39, 0.29) is 18.0 Å². The Morgan fingerprint density at radius 3 is 2.65 bits per heavy atom. The molecule has 0 aliphatic rings. The Morgan fingerprint density at radius 2 is 2.05 bits per heavy atom. The fraction of sp³-hybridized carbons (Fsp3) is 0.615. The van der Waals surface area contributed by atoms with E-state index in [4.69, 9.17) is 5.11 Å². The number of hydrogen-bond acceptors (Lipinski definition) is 5. The Morgan fingerprint density at radius 1 is 1.30 bits per heavy atom. The number of aliphatic hydroxyl groups is 1. The van der Waals surface area contributed by atoms with Crippen LogP contribution < -0.4 is 5.32 Å². The molecular formula is C13H23N3O3S. The summed E-state index contributed by atoms with van der Waals surface area (Å²) in [5.41, 5.74) is 0.556. The SMILES string of the molecule is CCCNc1ccncc1S(=O)(=O)N(CCC)CCO. The third kappa shape index (κ3) is 4.16. The van der Waals surface area contributed by atoms with Gasteiger partial charge in [-0.1, -0.05) is 13.8 Å². The summed E-state index contributed by atoms with van der Waals surface area (Å²) in [7, 11) is -3.64. The van der Waals surface area contributed by atoms with Crippen LogP contribution in [0.15, 0.2) is 23.4 Å². The van der Waals surface area contributed by atoms with Crippen molar-refractivity contribution >= 4 is 15.7 Å². The summed E-state index contributed by atoms with van der Waals surface area (Å²) in [5.74, 6) is 0. The molecule has 0 saturated heterocycles. The predicted octanol–water partition coefficient (Wildman–Crippen LogP) is 1.30. The van der Waals surface area contributed by atoms with Crippen LogP contribution in [0.3, 0.4) is 0 Å². The van der Waals surface area contributed by atoms with Crippen LogP contribution >= 0.6 is 0 Å². The first-order chi connectivity index (χ1) is 9.57. The van der Waals surface area contributed by atoms with E-state index in [0.29, 0.717) is 25.2 Å². The molecule has 0 unspecified atom stereocenters. The van der Waals surface area contributed by atoms with E-state index in [2.05, 4.69) is 10.3 Å². The average molecular weight is 301 g/mol. The third-order valence-corrected chi connectivity index (χ3v) is 4.72. The van der Waals surface area contributed by atoms with E-state index in [1.807, 2.05) is 13.8 Å². The number of sulfonamides is 1. The van der Waals surface area contributed by atoms with Gasteiger partial charge in [-0.25, -0.2) is 8.42 Å². The van der Waals surface area contributed by atoms with E-state index in [1.54, 1.807) is 12.3 Å². The second-order valence-electron chi connectivity index (χ2n) is 4.43. The van der Waals surface area contributed by atoms with Crippen LogP contribution in [0, 0.1) is 0 Å². The number of aromatic nitrogens is 1. The molecular weight excluding hydrogens is 278 g/mol. The third-order valence-electron chi connectivity index (χ3n) is 2.79. The zero-order chi connectivity index (χ0) is 15.0. The summed E-state index contributed by atoms with van der Waals surface area (Å²) in [6.07, 6.45) is 4.51. The molecule has 0 aromatic carbocycles. The number of aliphatic hydroxyl groups excluding tert-OH is 1. The highest BCUT2D eigenvalue weighted by Gasteiger charge is 2.26. The molecule has 7 heteroatoms. The lowest BCUT2D eigenvalue weighted by molar-refractivity contribution is 0.253. The van der Waals surface area contributed by atoms with Gasteiger partial charge in [0.05, 0.1) is 12.3 Å². The van der Waals surface area contributed by atoms with Crippen LogP contribution in [0.5, 0.6) is 0 Å². The first-order valence-corrected chi connectivity index (χ1v) is 8.30. The summed E-state index contributed by atoms with van der Waals surface area (Å²) in [6, 6.07) is 1.66. The van der Waals surface area contributed by atoms with E-state index in [9.17, 15) is 8.42 Å². The first-order valence-electron chi connectivity index (χ1n) is 6.86. The molecule has 114 valence electrons. The van der Waals surface area contributed by atoms with Crippen molar-refractivity contribution < 1.29 is 13.5 Å². The highest BCUT2D eigenvalue weighted by molar-refractivity contribution is 7.89. The van der Waals surface area contributed by atoms with Crippen molar-refractivity contribution in [2.45, 2.75) is 31.6 Å². The molecule has 2 N–H and O–H groups in total. The Kier molecular flexibility index (Phi) is 6.90. The van der Waals surface area contributed by atoms with Crippen molar-refractivity contribution in [3.05, 3.63) is 18.5 Å². The number of pyridine rings is 1. The van der Waals surface area contributed by atoms with Crippen LogP contribution in [0.1, 0.15) is 26.7 Å². The highest BCUT2D eigenvalue weighted by atomic mass is 32.2. The summed E-state index contributed by atoms with van der Waals surface area (Å²) < 4.78 is 26.6. The Hall–Kier alpha value is -1.18. The van der Waals surface area contributed by atoms with E-state index < -0.39 is 10.0 Å². The minimum Gasteiger partial charge on any atom is -0.395 e. The van der Waals surface area contributed by atoms with Gasteiger partial charge in [-0.05, 0) is 18.9 Å². The maximum Gasteiger partial charge on any atom is 0.246 e. The van der Waals surface area contributed by atoms with E-state index in [0.717, 1.165) is 6.42 Å². The van der Waals surface area contributed by atoms with Crippen molar-refractivity contribution in [2.24, 2.45) is 0 Å². The molecule has 1 rings (SSSR count). The monoisotopic (exact) mass is 301 g/mol. The van der Waals surface area contributed by atoms with Crippen molar-refractivity contribution in [1.82, 2.24) is 9.29 Å². The van der Waals surface area contributed by atoms with E-state index >= 15 is 0 Å². The molecule has 0 atom stereocenters. The molecule has 0 bridgehead atoms. The van der Waals surface area contributed by atoms with Gasteiger partial charge in [-0.2, -0.15) is 4.31 Å².